The molecule has 0 saturated carbocycles. The number of rotatable bonds is 3. The molecule has 5 heteroatoms. The maximum atomic E-state index is 11.7. The zero-order valence-electron chi connectivity index (χ0n) is 10.5. The molecular formula is C14H12INO3. The smallest absolute Gasteiger partial charge is 0.357 e. The third kappa shape index (κ3) is 2.86. The van der Waals surface area contributed by atoms with Gasteiger partial charge in [0.2, 0.25) is 0 Å². The van der Waals surface area contributed by atoms with Crippen LogP contribution in [0.15, 0.2) is 36.5 Å². The lowest BCUT2D eigenvalue weighted by atomic mass is 10.0. The largest absolute Gasteiger partial charge is 0.496 e. The van der Waals surface area contributed by atoms with E-state index in [4.69, 9.17) is 9.47 Å². The van der Waals surface area contributed by atoms with Crippen LogP contribution in [0, 0.1) is 3.57 Å². The van der Waals surface area contributed by atoms with Gasteiger partial charge in [-0.2, -0.15) is 0 Å². The lowest BCUT2D eigenvalue weighted by Crippen LogP contribution is -2.06. The van der Waals surface area contributed by atoms with Gasteiger partial charge in [-0.15, -0.1) is 0 Å². The lowest BCUT2D eigenvalue weighted by molar-refractivity contribution is 0.0595. The minimum Gasteiger partial charge on any atom is -0.496 e. The number of carbonyl (C=O) groups is 1. The Balaban J connectivity index is 2.53. The highest BCUT2D eigenvalue weighted by Crippen LogP contribution is 2.29. The van der Waals surface area contributed by atoms with E-state index in [9.17, 15) is 4.79 Å². The van der Waals surface area contributed by atoms with E-state index in [0.29, 0.717) is 5.69 Å². The fourth-order valence-electron chi connectivity index (χ4n) is 1.73. The summed E-state index contributed by atoms with van der Waals surface area (Å²) in [7, 11) is 2.97. The number of ether oxygens (including phenoxy) is 2. The summed E-state index contributed by atoms with van der Waals surface area (Å²) >= 11 is 2.19. The number of pyridine rings is 1. The Kier molecular flexibility index (Phi) is 4.36. The molecule has 1 heterocycles. The van der Waals surface area contributed by atoms with Gasteiger partial charge >= 0.3 is 5.97 Å². The molecule has 1 aromatic heterocycles. The Hall–Kier alpha value is -1.63. The zero-order chi connectivity index (χ0) is 13.8. The highest BCUT2D eigenvalue weighted by Gasteiger charge is 2.15. The molecule has 2 rings (SSSR count). The molecule has 0 aliphatic heterocycles. The van der Waals surface area contributed by atoms with E-state index in [1.165, 1.54) is 7.11 Å². The van der Waals surface area contributed by atoms with Gasteiger partial charge in [0.05, 0.1) is 17.8 Å². The first kappa shape index (κ1) is 13.8. The SMILES string of the molecule is COC(=O)c1ncccc1-c1ccc(OC)c(I)c1. The molecule has 0 atom stereocenters. The van der Waals surface area contributed by atoms with Crippen LogP contribution in [0.3, 0.4) is 0 Å². The first-order valence-electron chi connectivity index (χ1n) is 5.54. The first-order chi connectivity index (χ1) is 9.17. The minimum atomic E-state index is -0.443. The summed E-state index contributed by atoms with van der Waals surface area (Å²) in [6.07, 6.45) is 1.57. The Labute approximate surface area is 124 Å². The van der Waals surface area contributed by atoms with Crippen LogP contribution in [-0.4, -0.2) is 25.2 Å². The molecule has 0 spiro atoms. The fraction of sp³-hybridized carbons (Fsp3) is 0.143. The van der Waals surface area contributed by atoms with Gasteiger partial charge in [0.1, 0.15) is 5.75 Å². The molecule has 0 aliphatic rings. The van der Waals surface area contributed by atoms with Crippen LogP contribution < -0.4 is 4.74 Å². The number of aromatic nitrogens is 1. The van der Waals surface area contributed by atoms with E-state index in [1.807, 2.05) is 24.3 Å². The topological polar surface area (TPSA) is 48.4 Å². The molecule has 0 saturated heterocycles. The van der Waals surface area contributed by atoms with Crippen molar-refractivity contribution in [3.05, 3.63) is 45.8 Å². The third-order valence-corrected chi connectivity index (χ3v) is 3.49. The number of benzene rings is 1. The molecule has 0 amide bonds. The molecule has 0 aliphatic carbocycles. The van der Waals surface area contributed by atoms with Crippen LogP contribution >= 0.6 is 22.6 Å². The van der Waals surface area contributed by atoms with Gasteiger partial charge in [0.25, 0.3) is 0 Å². The Bertz CT molecular complexity index is 613. The van der Waals surface area contributed by atoms with Gasteiger partial charge in [0, 0.05) is 11.8 Å². The maximum absolute atomic E-state index is 11.7. The molecule has 0 bridgehead atoms. The third-order valence-electron chi connectivity index (χ3n) is 2.65. The second kappa shape index (κ2) is 6.01. The van der Waals surface area contributed by atoms with Crippen molar-refractivity contribution in [2.45, 2.75) is 0 Å². The van der Waals surface area contributed by atoms with E-state index >= 15 is 0 Å². The van der Waals surface area contributed by atoms with E-state index in [0.717, 1.165) is 20.4 Å². The van der Waals surface area contributed by atoms with Crippen LogP contribution in [0.25, 0.3) is 11.1 Å². The fourth-order valence-corrected chi connectivity index (χ4v) is 2.47. The van der Waals surface area contributed by atoms with Crippen molar-refractivity contribution in [2.24, 2.45) is 0 Å². The molecule has 19 heavy (non-hydrogen) atoms. The van der Waals surface area contributed by atoms with Crippen molar-refractivity contribution in [1.29, 1.82) is 0 Å². The molecule has 0 radical (unpaired) electrons. The van der Waals surface area contributed by atoms with Gasteiger partial charge in [-0.1, -0.05) is 12.1 Å². The molecule has 0 N–H and O–H groups in total. The maximum Gasteiger partial charge on any atom is 0.357 e. The average molecular weight is 369 g/mol. The normalized spacial score (nSPS) is 10.1. The summed E-state index contributed by atoms with van der Waals surface area (Å²) < 4.78 is 10.9. The molecule has 2 aromatic rings. The van der Waals surface area contributed by atoms with Crippen molar-refractivity contribution in [2.75, 3.05) is 14.2 Å². The van der Waals surface area contributed by atoms with Crippen LogP contribution in [0.5, 0.6) is 5.75 Å². The summed E-state index contributed by atoms with van der Waals surface area (Å²) in [5, 5.41) is 0. The summed E-state index contributed by atoms with van der Waals surface area (Å²) in [5.74, 6) is 0.356. The average Bonchev–Trinajstić information content (AvgIpc) is 2.46. The molecular weight excluding hydrogens is 357 g/mol. The Morgan fingerprint density at radius 1 is 1.26 bits per heavy atom. The predicted molar refractivity (Wildman–Crippen MR) is 80.3 cm³/mol. The second-order valence-electron chi connectivity index (χ2n) is 3.74. The molecule has 4 nitrogen and oxygen atoms in total. The van der Waals surface area contributed by atoms with Crippen LogP contribution in [0.1, 0.15) is 10.5 Å². The minimum absolute atomic E-state index is 0.311. The van der Waals surface area contributed by atoms with Crippen molar-refractivity contribution in [1.82, 2.24) is 4.98 Å². The van der Waals surface area contributed by atoms with Crippen LogP contribution in [-0.2, 0) is 4.74 Å². The van der Waals surface area contributed by atoms with Gasteiger partial charge in [-0.05, 0) is 46.4 Å². The van der Waals surface area contributed by atoms with E-state index in [1.54, 1.807) is 19.4 Å². The van der Waals surface area contributed by atoms with Crippen LogP contribution in [0.4, 0.5) is 0 Å². The lowest BCUT2D eigenvalue weighted by Gasteiger charge is -2.09. The van der Waals surface area contributed by atoms with Crippen LogP contribution in [0.2, 0.25) is 0 Å². The number of methoxy groups -OCH3 is 2. The van der Waals surface area contributed by atoms with E-state index in [-0.39, 0.29) is 0 Å². The quantitative estimate of drug-likeness (QED) is 0.616. The molecule has 98 valence electrons. The van der Waals surface area contributed by atoms with Gasteiger partial charge in [0.15, 0.2) is 5.69 Å². The number of carbonyl (C=O) groups excluding carboxylic acids is 1. The number of hydrogen-bond donors (Lipinski definition) is 0. The van der Waals surface area contributed by atoms with E-state index in [2.05, 4.69) is 27.6 Å². The van der Waals surface area contributed by atoms with Crippen molar-refractivity contribution in [3.63, 3.8) is 0 Å². The summed E-state index contributed by atoms with van der Waals surface area (Å²) in [4.78, 5) is 15.8. The van der Waals surface area contributed by atoms with Crippen molar-refractivity contribution in [3.8, 4) is 16.9 Å². The summed E-state index contributed by atoms with van der Waals surface area (Å²) in [5.41, 5.74) is 1.96. The zero-order valence-corrected chi connectivity index (χ0v) is 12.7. The monoisotopic (exact) mass is 369 g/mol. The van der Waals surface area contributed by atoms with Gasteiger partial charge in [-0.25, -0.2) is 9.78 Å². The first-order valence-corrected chi connectivity index (χ1v) is 6.62. The number of esters is 1. The van der Waals surface area contributed by atoms with E-state index < -0.39 is 5.97 Å². The predicted octanol–water partition coefficient (Wildman–Crippen LogP) is 3.15. The summed E-state index contributed by atoms with van der Waals surface area (Å²) in [6, 6.07) is 9.34. The highest BCUT2D eigenvalue weighted by molar-refractivity contribution is 14.1. The second-order valence-corrected chi connectivity index (χ2v) is 4.90. The van der Waals surface area contributed by atoms with Gasteiger partial charge < -0.3 is 9.47 Å². The molecule has 1 aromatic carbocycles. The Morgan fingerprint density at radius 3 is 2.68 bits per heavy atom. The summed E-state index contributed by atoms with van der Waals surface area (Å²) in [6.45, 7) is 0. The molecule has 0 fully saturated rings. The Morgan fingerprint density at radius 2 is 2.05 bits per heavy atom. The van der Waals surface area contributed by atoms with Crippen molar-refractivity contribution >= 4 is 28.6 Å². The standard InChI is InChI=1S/C14H12INO3/c1-18-12-6-5-9(8-11(12)15)10-4-3-7-16-13(10)14(17)19-2/h3-8H,1-2H3. The van der Waals surface area contributed by atoms with Gasteiger partial charge in [-0.3, -0.25) is 0 Å². The van der Waals surface area contributed by atoms with Crippen molar-refractivity contribution < 1.29 is 14.3 Å². The number of nitrogens with zero attached hydrogens (tertiary/aromatic N) is 1. The number of halogens is 1. The number of hydrogen-bond acceptors (Lipinski definition) is 4. The highest BCUT2D eigenvalue weighted by atomic mass is 127. The molecule has 0 unspecified atom stereocenters.